The van der Waals surface area contributed by atoms with Crippen LogP contribution in [0.2, 0.25) is 0 Å². The Morgan fingerprint density at radius 3 is 1.69 bits per heavy atom. The first-order valence-electron chi connectivity index (χ1n) is 20.5. The molecule has 12 rings (SSSR count). The van der Waals surface area contributed by atoms with Crippen LogP contribution in [0.15, 0.2) is 223 Å². The van der Waals surface area contributed by atoms with Crippen molar-refractivity contribution < 1.29 is 0 Å². The highest BCUT2D eigenvalue weighted by atomic mass is 32.2. The lowest BCUT2D eigenvalue weighted by atomic mass is 9.77. The molecule has 0 amide bonds. The number of benzene rings is 8. The highest BCUT2D eigenvalue weighted by Crippen LogP contribution is 2.55. The molecule has 2 nitrogen and oxygen atoms in total. The molecule has 0 radical (unpaired) electrons. The summed E-state index contributed by atoms with van der Waals surface area (Å²) >= 11 is 2.02. The molecule has 2 atom stereocenters. The first-order chi connectivity index (χ1) is 29.1. The van der Waals surface area contributed by atoms with Crippen LogP contribution in [0.4, 0.5) is 0 Å². The first kappa shape index (κ1) is 34.4. The van der Waals surface area contributed by atoms with E-state index in [2.05, 4.69) is 234 Å². The van der Waals surface area contributed by atoms with Gasteiger partial charge in [0.25, 0.3) is 0 Å². The molecule has 10 aromatic rings. The Morgan fingerprint density at radius 1 is 0.458 bits per heavy atom. The van der Waals surface area contributed by atoms with Gasteiger partial charge in [-0.05, 0) is 68.8 Å². The Labute approximate surface area is 349 Å². The van der Waals surface area contributed by atoms with E-state index in [9.17, 15) is 0 Å². The molecule has 0 bridgehead atoms. The Hall–Kier alpha value is -6.59. The van der Waals surface area contributed by atoms with E-state index in [-0.39, 0.29) is 5.41 Å². The lowest BCUT2D eigenvalue weighted by Crippen LogP contribution is -2.74. The maximum Gasteiger partial charge on any atom is 0.179 e. The highest BCUT2D eigenvalue weighted by molar-refractivity contribution is 8.00. The summed E-state index contributed by atoms with van der Waals surface area (Å²) in [4.78, 5) is 1.40. The van der Waals surface area contributed by atoms with E-state index in [1.165, 1.54) is 86.2 Å². The minimum atomic E-state index is -2.88. The molecule has 8 aromatic carbocycles. The second-order valence-electron chi connectivity index (χ2n) is 16.2. The van der Waals surface area contributed by atoms with Crippen LogP contribution in [0.1, 0.15) is 12.5 Å². The fourth-order valence-electron chi connectivity index (χ4n) is 10.4. The van der Waals surface area contributed by atoms with Crippen LogP contribution in [0.3, 0.4) is 0 Å². The quantitative estimate of drug-likeness (QED) is 0.121. The number of rotatable bonds is 6. The van der Waals surface area contributed by atoms with Crippen LogP contribution in [-0.4, -0.2) is 22.5 Å². The van der Waals surface area contributed by atoms with Crippen molar-refractivity contribution in [3.05, 3.63) is 224 Å². The van der Waals surface area contributed by atoms with Crippen LogP contribution >= 0.6 is 11.8 Å². The average molecular weight is 789 g/mol. The van der Waals surface area contributed by atoms with Gasteiger partial charge in [0, 0.05) is 48.5 Å². The van der Waals surface area contributed by atoms with E-state index in [1.807, 2.05) is 11.8 Å². The van der Waals surface area contributed by atoms with Gasteiger partial charge in [-0.15, -0.1) is 11.8 Å². The molecule has 0 saturated heterocycles. The molecule has 3 heterocycles. The van der Waals surface area contributed by atoms with Gasteiger partial charge in [0.1, 0.15) is 0 Å². The van der Waals surface area contributed by atoms with Gasteiger partial charge in [-0.3, -0.25) is 0 Å². The van der Waals surface area contributed by atoms with E-state index < -0.39 is 8.07 Å². The van der Waals surface area contributed by atoms with Crippen molar-refractivity contribution >= 4 is 84.2 Å². The maximum absolute atomic E-state index is 2.88. The van der Waals surface area contributed by atoms with Gasteiger partial charge in [0.05, 0.1) is 22.1 Å². The summed E-state index contributed by atoms with van der Waals surface area (Å²) in [7, 11) is -2.88. The number of aromatic nitrogens is 2. The van der Waals surface area contributed by atoms with Crippen molar-refractivity contribution in [2.45, 2.75) is 22.5 Å². The predicted molar refractivity (Wildman–Crippen MR) is 254 cm³/mol. The molecule has 4 heteroatoms. The molecule has 59 heavy (non-hydrogen) atoms. The Bertz CT molecular complexity index is 3270. The summed E-state index contributed by atoms with van der Waals surface area (Å²) in [6.45, 7) is 2.40. The number of fused-ring (bicyclic) bond motifs is 10. The van der Waals surface area contributed by atoms with E-state index in [0.29, 0.717) is 5.25 Å². The number of allylic oxidation sites excluding steroid dienone is 3. The summed E-state index contributed by atoms with van der Waals surface area (Å²) in [5.41, 5.74) is 8.75. The van der Waals surface area contributed by atoms with Crippen molar-refractivity contribution in [2.75, 3.05) is 0 Å². The number of thioether (sulfide) groups is 1. The third kappa shape index (κ3) is 4.94. The van der Waals surface area contributed by atoms with Crippen molar-refractivity contribution in [1.82, 2.24) is 9.13 Å². The molecule has 0 saturated carbocycles. The van der Waals surface area contributed by atoms with Gasteiger partial charge in [0.2, 0.25) is 0 Å². The van der Waals surface area contributed by atoms with Crippen LogP contribution in [0.5, 0.6) is 0 Å². The predicted octanol–water partition coefficient (Wildman–Crippen LogP) is 11.1. The third-order valence-electron chi connectivity index (χ3n) is 13.1. The lowest BCUT2D eigenvalue weighted by Gasteiger charge is -2.34. The summed E-state index contributed by atoms with van der Waals surface area (Å²) in [5.74, 6) is 0. The minimum Gasteiger partial charge on any atom is -0.309 e. The monoisotopic (exact) mass is 788 g/mol. The zero-order chi connectivity index (χ0) is 39.1. The number of hydrogen-bond acceptors (Lipinski definition) is 1. The van der Waals surface area contributed by atoms with Gasteiger partial charge in [0.15, 0.2) is 8.07 Å². The molecule has 0 fully saturated rings. The van der Waals surface area contributed by atoms with Crippen LogP contribution in [0, 0.1) is 0 Å². The number of hydrogen-bond donors (Lipinski definition) is 0. The zero-order valence-corrected chi connectivity index (χ0v) is 34.5. The fraction of sp³-hybridized carbons (Fsp3) is 0.0545. The topological polar surface area (TPSA) is 9.86 Å². The largest absolute Gasteiger partial charge is 0.309 e. The Balaban J connectivity index is 1.11. The van der Waals surface area contributed by atoms with Crippen LogP contribution in [0.25, 0.3) is 55.0 Å². The van der Waals surface area contributed by atoms with Crippen molar-refractivity contribution in [1.29, 1.82) is 0 Å². The van der Waals surface area contributed by atoms with Gasteiger partial charge >= 0.3 is 0 Å². The van der Waals surface area contributed by atoms with E-state index in [4.69, 9.17) is 0 Å². The molecule has 0 N–H and O–H groups in total. The fourth-order valence-corrected chi connectivity index (χ4v) is 16.7. The average Bonchev–Trinajstić information content (AvgIpc) is 3.93. The van der Waals surface area contributed by atoms with E-state index in [0.717, 1.165) is 0 Å². The number of nitrogens with zero attached hydrogens (tertiary/aromatic N) is 2. The van der Waals surface area contributed by atoms with Crippen molar-refractivity contribution in [3.63, 3.8) is 0 Å². The van der Waals surface area contributed by atoms with E-state index in [1.54, 1.807) is 0 Å². The maximum atomic E-state index is 2.53. The molecule has 2 aromatic heterocycles. The highest BCUT2D eigenvalue weighted by Gasteiger charge is 2.44. The van der Waals surface area contributed by atoms with E-state index >= 15 is 0 Å². The lowest BCUT2D eigenvalue weighted by molar-refractivity contribution is 0.621. The zero-order valence-electron chi connectivity index (χ0n) is 32.7. The molecule has 2 aliphatic rings. The normalized spacial score (nSPS) is 17.3. The molecule has 0 spiro atoms. The smallest absolute Gasteiger partial charge is 0.179 e. The Kier molecular flexibility index (Phi) is 7.72. The first-order valence-corrected chi connectivity index (χ1v) is 23.4. The molecule has 2 unspecified atom stereocenters. The summed E-state index contributed by atoms with van der Waals surface area (Å²) in [6, 6.07) is 72.9. The summed E-state index contributed by atoms with van der Waals surface area (Å²) in [6.07, 6.45) is 9.22. The molecular formula is C55H40N2SSi. The summed E-state index contributed by atoms with van der Waals surface area (Å²) in [5, 5.41) is 11.0. The van der Waals surface area contributed by atoms with Gasteiger partial charge in [-0.25, -0.2) is 0 Å². The summed E-state index contributed by atoms with van der Waals surface area (Å²) < 4.78 is 4.95. The van der Waals surface area contributed by atoms with Gasteiger partial charge < -0.3 is 9.13 Å². The SMILES string of the molecule is CC12C=CC=CC1Sc1c2ccc2c3ccccc3n(-c3ccc([Si](c4ccccc4)(c4ccccc4)c4ccc5c(c4)c4ccccc4n5-c4ccccc4)cc3)c12. The molecule has 1 aliphatic carbocycles. The second kappa shape index (κ2) is 13.2. The van der Waals surface area contributed by atoms with Crippen molar-refractivity contribution in [2.24, 2.45) is 0 Å². The van der Waals surface area contributed by atoms with Gasteiger partial charge in [-0.1, -0.05) is 183 Å². The van der Waals surface area contributed by atoms with Gasteiger partial charge in [-0.2, -0.15) is 0 Å². The molecule has 1 aliphatic heterocycles. The third-order valence-corrected chi connectivity index (χ3v) is 19.5. The van der Waals surface area contributed by atoms with Crippen molar-refractivity contribution in [3.8, 4) is 11.4 Å². The number of para-hydroxylation sites is 3. The second-order valence-corrected chi connectivity index (χ2v) is 21.2. The standard InChI is InChI=1S/C55H40N2SSi/c1-55-36-16-15-27-52(55)58-54-48(55)34-33-46-44-23-11-14-26-50(44)57(53(46)54)39-28-30-42(31-29-39)59(40-19-7-3-8-20-40,41-21-9-4-10-22-41)43-32-35-51-47(37-43)45-24-12-13-25-49(45)56(51)38-17-5-2-6-18-38/h2-37,52H,1H3. The molecule has 280 valence electrons. The van der Waals surface area contributed by atoms with Crippen LogP contribution in [-0.2, 0) is 5.41 Å². The van der Waals surface area contributed by atoms with Crippen LogP contribution < -0.4 is 20.7 Å². The molecular weight excluding hydrogens is 749 g/mol. The Morgan fingerprint density at radius 2 is 1.00 bits per heavy atom. The minimum absolute atomic E-state index is 0.0286.